The van der Waals surface area contributed by atoms with Gasteiger partial charge >= 0.3 is 5.97 Å². The highest BCUT2D eigenvalue weighted by Crippen LogP contribution is 2.10. The normalized spacial score (nSPS) is 15.1. The molecular formula is C57H98N10O31. The number of hydrogen-bond donors (Lipinski definition) is 20. The molecule has 1 aliphatic heterocycles. The molecule has 0 saturated heterocycles. The number of rotatable bonds is 61. The number of carbonyl (C=O) groups is 12. The molecule has 20 N–H and O–H groups in total. The van der Waals surface area contributed by atoms with Gasteiger partial charge in [-0.2, -0.15) is 0 Å². The monoisotopic (exact) mass is 1420 g/mol. The molecule has 0 aliphatic carbocycles. The summed E-state index contributed by atoms with van der Waals surface area (Å²) >= 11 is 0. The van der Waals surface area contributed by atoms with E-state index in [-0.39, 0.29) is 91.6 Å². The zero-order valence-electron chi connectivity index (χ0n) is 54.3. The molecule has 1 heterocycles. The average Bonchev–Trinajstić information content (AvgIpc) is 2.05. The maximum Gasteiger partial charge on any atom is 0.303 e. The van der Waals surface area contributed by atoms with E-state index in [1.165, 1.54) is 0 Å². The summed E-state index contributed by atoms with van der Waals surface area (Å²) in [5, 5.41) is 127. The third kappa shape index (κ3) is 44.0. The third-order valence-corrected chi connectivity index (χ3v) is 13.4. The largest absolute Gasteiger partial charge is 0.481 e. The Bertz CT molecular complexity index is 2400. The molecule has 98 heavy (non-hydrogen) atoms. The number of nitrogens with one attached hydrogen (secondary N) is 9. The minimum absolute atomic E-state index is 0.0971. The van der Waals surface area contributed by atoms with Gasteiger partial charge in [0.2, 0.25) is 53.2 Å². The number of aliphatic hydroxyl groups is 10. The predicted octanol–water partition coefficient (Wildman–Crippen LogP) is -12.5. The Labute approximate surface area is 563 Å². The summed E-state index contributed by atoms with van der Waals surface area (Å²) in [7, 11) is 0. The minimum Gasteiger partial charge on any atom is -0.481 e. The first kappa shape index (κ1) is 88.9. The van der Waals surface area contributed by atoms with Gasteiger partial charge in [0, 0.05) is 70.4 Å². The van der Waals surface area contributed by atoms with Crippen LogP contribution in [0.2, 0.25) is 0 Å². The van der Waals surface area contributed by atoms with Crippen LogP contribution in [0.4, 0.5) is 0 Å². The summed E-state index contributed by atoms with van der Waals surface area (Å²) < 4.78 is 43.5. The summed E-state index contributed by atoms with van der Waals surface area (Å²) in [6.07, 6.45) is -14.7. The number of carboxylic acids is 1. The van der Waals surface area contributed by atoms with Crippen molar-refractivity contribution in [1.82, 2.24) is 52.8 Å². The summed E-state index contributed by atoms with van der Waals surface area (Å²) in [6.45, 7) is -1.55. The zero-order chi connectivity index (χ0) is 73.0. The highest BCUT2D eigenvalue weighted by molar-refractivity contribution is 6.13. The highest BCUT2D eigenvalue weighted by Gasteiger charge is 2.32. The maximum absolute atomic E-state index is 13.1. The van der Waals surface area contributed by atoms with Gasteiger partial charge in [-0.15, -0.1) is 0 Å². The Hall–Kier alpha value is -7.14. The van der Waals surface area contributed by atoms with Gasteiger partial charge < -0.3 is 142 Å². The highest BCUT2D eigenvalue weighted by atomic mass is 16.6. The van der Waals surface area contributed by atoms with E-state index in [0.29, 0.717) is 52.9 Å². The third-order valence-electron chi connectivity index (χ3n) is 13.4. The lowest BCUT2D eigenvalue weighted by Crippen LogP contribution is -2.51. The molecule has 562 valence electrons. The Morgan fingerprint density at radius 1 is 0.367 bits per heavy atom. The van der Waals surface area contributed by atoms with Crippen molar-refractivity contribution < 1.29 is 152 Å². The Morgan fingerprint density at radius 2 is 0.735 bits per heavy atom. The molecule has 0 unspecified atom stereocenters. The maximum atomic E-state index is 13.1. The molecule has 0 aromatic heterocycles. The van der Waals surface area contributed by atoms with Crippen molar-refractivity contribution in [2.45, 2.75) is 106 Å². The lowest BCUT2D eigenvalue weighted by atomic mass is 10.0. The van der Waals surface area contributed by atoms with Crippen molar-refractivity contribution in [3.8, 4) is 0 Å². The summed E-state index contributed by atoms with van der Waals surface area (Å²) in [4.78, 5) is 147. The number of carbonyl (C=O) groups excluding carboxylic acids is 11. The predicted molar refractivity (Wildman–Crippen MR) is 330 cm³/mol. The first-order chi connectivity index (χ1) is 46.8. The number of aliphatic hydroxyl groups excluding tert-OH is 10. The molecule has 0 saturated carbocycles. The van der Waals surface area contributed by atoms with Crippen molar-refractivity contribution in [3.05, 3.63) is 12.2 Å². The Balaban J connectivity index is 2.08. The van der Waals surface area contributed by atoms with Crippen LogP contribution in [-0.2, 0) is 95.4 Å². The van der Waals surface area contributed by atoms with Gasteiger partial charge in [0.15, 0.2) is 0 Å². The lowest BCUT2D eigenvalue weighted by molar-refractivity contribution is -0.139. The van der Waals surface area contributed by atoms with E-state index in [1.54, 1.807) is 0 Å². The van der Waals surface area contributed by atoms with E-state index in [4.69, 9.17) is 53.2 Å². The van der Waals surface area contributed by atoms with E-state index >= 15 is 0 Å². The molecule has 11 amide bonds. The second-order valence-corrected chi connectivity index (χ2v) is 21.2. The molecule has 10 atom stereocenters. The minimum atomic E-state index is -1.95. The molecular weight excluding hydrogens is 1320 g/mol. The molecule has 0 aromatic carbocycles. The fourth-order valence-corrected chi connectivity index (χ4v) is 7.76. The Kier molecular flexibility index (Phi) is 49.6. The fraction of sp³-hybridized carbons (Fsp3) is 0.754. The topological polar surface area (TPSA) is 613 Å². The van der Waals surface area contributed by atoms with Crippen LogP contribution in [0.15, 0.2) is 12.2 Å². The van der Waals surface area contributed by atoms with Crippen LogP contribution in [0.25, 0.3) is 0 Å². The quantitative estimate of drug-likeness (QED) is 0.0199. The second-order valence-electron chi connectivity index (χ2n) is 21.2. The molecule has 0 aromatic rings. The number of carboxylic acid groups (broad SMARTS) is 1. The van der Waals surface area contributed by atoms with E-state index in [9.17, 15) is 98.4 Å². The van der Waals surface area contributed by atoms with Gasteiger partial charge in [0.05, 0.1) is 170 Å². The van der Waals surface area contributed by atoms with Gasteiger partial charge in [-0.1, -0.05) is 0 Å². The second kappa shape index (κ2) is 54.7. The molecule has 1 rings (SSSR count). The van der Waals surface area contributed by atoms with Crippen LogP contribution in [0.5, 0.6) is 0 Å². The molecule has 1 aliphatic rings. The summed E-state index contributed by atoms with van der Waals surface area (Å²) in [5.74, 6) is -9.40. The Morgan fingerprint density at radius 3 is 1.18 bits per heavy atom. The van der Waals surface area contributed by atoms with Crippen LogP contribution < -0.4 is 47.9 Å². The van der Waals surface area contributed by atoms with Crippen LogP contribution in [0.1, 0.15) is 44.9 Å². The van der Waals surface area contributed by atoms with Crippen LogP contribution in [-0.4, -0.2) is 364 Å². The number of aliphatic carboxylic acids is 1. The zero-order valence-corrected chi connectivity index (χ0v) is 54.3. The van der Waals surface area contributed by atoms with Crippen molar-refractivity contribution in [3.63, 3.8) is 0 Å². The summed E-state index contributed by atoms with van der Waals surface area (Å²) in [5.41, 5.74) is 0. The van der Waals surface area contributed by atoms with E-state index in [2.05, 4.69) is 47.9 Å². The van der Waals surface area contributed by atoms with E-state index < -0.39 is 204 Å². The summed E-state index contributed by atoms with van der Waals surface area (Å²) in [6, 6.07) is -2.77. The van der Waals surface area contributed by atoms with Gasteiger partial charge in [-0.3, -0.25) is 62.4 Å². The molecule has 0 bridgehead atoms. The van der Waals surface area contributed by atoms with Gasteiger partial charge in [-0.25, -0.2) is 0 Å². The van der Waals surface area contributed by atoms with E-state index in [0.717, 1.165) is 17.1 Å². The molecule has 41 nitrogen and oxygen atoms in total. The van der Waals surface area contributed by atoms with Crippen molar-refractivity contribution >= 4 is 70.9 Å². The van der Waals surface area contributed by atoms with Gasteiger partial charge in [-0.05, 0) is 12.8 Å². The molecule has 0 radical (unpaired) electrons. The SMILES string of the molecule is O=C(O)CC[C@H](NC(=O)CCN1C(=O)C=CC1=O)C(=O)NCC(=O)NCC(=O)NCC(=O)NCC(=O)NCCOCCOCCOCCOCCOCCOCCOCCOCCC(=O)N[C@@H](CCC(=O)NC[C@H](O)[C@@H](O)[C@H](O)[C@H](O)CO)C(=O)NC[C@H](O)[C@@H](O)C[C@H](O)[C@H](O)CO. The first-order valence-electron chi connectivity index (χ1n) is 31.3. The average molecular weight is 1420 g/mol. The van der Waals surface area contributed by atoms with Crippen LogP contribution in [0, 0.1) is 0 Å². The number of ether oxygens (including phenoxy) is 8. The molecule has 0 spiro atoms. The fourth-order valence-electron chi connectivity index (χ4n) is 7.76. The smallest absolute Gasteiger partial charge is 0.303 e. The van der Waals surface area contributed by atoms with Crippen molar-refractivity contribution in [1.29, 1.82) is 0 Å². The number of amides is 11. The van der Waals surface area contributed by atoms with Crippen molar-refractivity contribution in [2.24, 2.45) is 0 Å². The van der Waals surface area contributed by atoms with Gasteiger partial charge in [0.25, 0.3) is 11.8 Å². The lowest BCUT2D eigenvalue weighted by Gasteiger charge is -2.26. The first-order valence-corrected chi connectivity index (χ1v) is 31.3. The van der Waals surface area contributed by atoms with Crippen LogP contribution >= 0.6 is 0 Å². The van der Waals surface area contributed by atoms with E-state index in [1.807, 2.05) is 0 Å². The molecule has 41 heteroatoms. The number of imide groups is 1. The van der Waals surface area contributed by atoms with Gasteiger partial charge in [0.1, 0.15) is 36.5 Å². The number of nitrogens with zero attached hydrogens (tertiary/aromatic N) is 1. The number of hydrogen-bond acceptors (Lipinski definition) is 30. The van der Waals surface area contributed by atoms with Crippen molar-refractivity contribution in [2.75, 3.05) is 171 Å². The standard InChI is InChI=1S/C57H98N10O31/c68-34-42(74)39(71)27-38(70)40(72)28-63-56(89)36(1-3-44(76)59-29-41(73)54(87)55(88)43(75)35-69)66-46(78)8-11-91-13-15-93-17-19-95-21-23-97-25-26-98-24-22-96-20-18-94-16-14-92-12-9-58-47(79)30-60-48(80)31-61-49(81)32-62-50(82)33-64-57(90)37(2-6-53(85)86)65-45(77)7-10-67-51(83)4-5-52(67)84/h4-5,36-43,54-55,68-75,87-88H,1-3,6-35H2,(H,58,79)(H,59,76)(H,60,80)(H,61,81)(H,62,82)(H,63,89)(H,64,90)(H,65,77)(H,66,78)(H,85,86)/t36-,37-,38-,39-,40-,41-,42+,43+,54+,55+/m0/s1. The molecule has 0 fully saturated rings. The van der Waals surface area contributed by atoms with Crippen LogP contribution in [0.3, 0.4) is 0 Å².